The summed E-state index contributed by atoms with van der Waals surface area (Å²) in [5.41, 5.74) is 7.14. The van der Waals surface area contributed by atoms with E-state index in [1.807, 2.05) is 0 Å². The van der Waals surface area contributed by atoms with Gasteiger partial charge in [0.05, 0.1) is 24.1 Å². The third-order valence-corrected chi connectivity index (χ3v) is 8.65. The lowest BCUT2D eigenvalue weighted by Crippen LogP contribution is -2.43. The second-order valence-corrected chi connectivity index (χ2v) is 11.1. The maximum absolute atomic E-state index is 13.6. The van der Waals surface area contributed by atoms with Gasteiger partial charge in [0.1, 0.15) is 12.4 Å². The quantitative estimate of drug-likeness (QED) is 0.374. The van der Waals surface area contributed by atoms with Crippen molar-refractivity contribution < 1.29 is 27.1 Å². The van der Waals surface area contributed by atoms with Crippen LogP contribution in [0.5, 0.6) is 0 Å². The van der Waals surface area contributed by atoms with E-state index < -0.39 is 23.6 Å². The van der Waals surface area contributed by atoms with Crippen molar-refractivity contribution >= 4 is 11.7 Å². The molecule has 210 valence electrons. The van der Waals surface area contributed by atoms with Crippen molar-refractivity contribution in [3.8, 4) is 0 Å². The van der Waals surface area contributed by atoms with E-state index in [2.05, 4.69) is 31.0 Å². The molecule has 0 radical (unpaired) electrons. The molecule has 4 heterocycles. The van der Waals surface area contributed by atoms with Crippen LogP contribution in [0.2, 0.25) is 0 Å². The molecule has 8 nitrogen and oxygen atoms in total. The molecule has 0 saturated carbocycles. The Hall–Kier alpha value is -2.83. The third-order valence-electron chi connectivity index (χ3n) is 8.65. The molecule has 3 fully saturated rings. The number of hydrogen-bond acceptors (Lipinski definition) is 6. The minimum Gasteiger partial charge on any atom is -0.380 e. The van der Waals surface area contributed by atoms with Gasteiger partial charge >= 0.3 is 6.18 Å². The maximum atomic E-state index is 13.6. The zero-order valence-corrected chi connectivity index (χ0v) is 21.4. The predicted octanol–water partition coefficient (Wildman–Crippen LogP) is 2.40. The van der Waals surface area contributed by atoms with E-state index in [0.717, 1.165) is 62.1 Å². The molecule has 2 aliphatic carbocycles. The van der Waals surface area contributed by atoms with Crippen LogP contribution in [0.15, 0.2) is 41.1 Å². The molecule has 0 spiro atoms. The molecule has 1 aromatic heterocycles. The van der Waals surface area contributed by atoms with Gasteiger partial charge < -0.3 is 15.5 Å². The number of ether oxygens (including phenoxy) is 1. The Morgan fingerprint density at radius 3 is 2.95 bits per heavy atom. The molecule has 12 heteroatoms. The summed E-state index contributed by atoms with van der Waals surface area (Å²) in [6, 6.07) is 1.40. The van der Waals surface area contributed by atoms with Gasteiger partial charge in [-0.1, -0.05) is 18.2 Å². The number of fused-ring (bicyclic) bond motifs is 2. The van der Waals surface area contributed by atoms with Gasteiger partial charge in [0.15, 0.2) is 0 Å². The van der Waals surface area contributed by atoms with Gasteiger partial charge in [-0.3, -0.25) is 14.7 Å². The van der Waals surface area contributed by atoms with Crippen molar-refractivity contribution in [1.29, 1.82) is 0 Å². The van der Waals surface area contributed by atoms with Gasteiger partial charge in [-0.05, 0) is 54.7 Å². The fraction of sp³-hybridized carbons (Fsp3) is 0.593. The maximum Gasteiger partial charge on any atom is 0.416 e. The SMILES string of the molecule is O=C(CN=C1NNC2C=CC(C(F)(F)F)=CC12)NC1CN(C2CCOC2)C[C@@H]1CC1CCc2cc(F)ncc21. The number of aromatic nitrogens is 1. The molecule has 3 saturated heterocycles. The second-order valence-electron chi connectivity index (χ2n) is 11.1. The first-order chi connectivity index (χ1) is 18.7. The molecule has 6 atom stereocenters. The number of rotatable bonds is 6. The Kier molecular flexibility index (Phi) is 7.19. The van der Waals surface area contributed by atoms with Gasteiger partial charge in [-0.2, -0.15) is 17.6 Å². The van der Waals surface area contributed by atoms with Crippen LogP contribution < -0.4 is 16.2 Å². The minimum atomic E-state index is -4.44. The predicted molar refractivity (Wildman–Crippen MR) is 135 cm³/mol. The molecule has 3 aliphatic heterocycles. The van der Waals surface area contributed by atoms with Crippen molar-refractivity contribution in [3.63, 3.8) is 0 Å². The third kappa shape index (κ3) is 5.59. The number of aliphatic imine (C=N–C) groups is 1. The highest BCUT2D eigenvalue weighted by molar-refractivity contribution is 5.91. The van der Waals surface area contributed by atoms with Crippen molar-refractivity contribution in [1.82, 2.24) is 26.1 Å². The van der Waals surface area contributed by atoms with E-state index in [4.69, 9.17) is 4.74 Å². The summed E-state index contributed by atoms with van der Waals surface area (Å²) in [5.74, 6) is -0.568. The number of nitrogens with zero attached hydrogens (tertiary/aromatic N) is 3. The lowest BCUT2D eigenvalue weighted by Gasteiger charge is -2.23. The van der Waals surface area contributed by atoms with Crippen LogP contribution in [0.4, 0.5) is 17.6 Å². The number of amides is 1. The van der Waals surface area contributed by atoms with Crippen molar-refractivity contribution in [2.24, 2.45) is 16.8 Å². The number of halogens is 4. The van der Waals surface area contributed by atoms with Gasteiger partial charge in [-0.15, -0.1) is 0 Å². The zero-order valence-electron chi connectivity index (χ0n) is 21.4. The molecule has 5 unspecified atom stereocenters. The Balaban J connectivity index is 1.12. The van der Waals surface area contributed by atoms with Crippen LogP contribution in [0.25, 0.3) is 0 Å². The van der Waals surface area contributed by atoms with Gasteiger partial charge in [0, 0.05) is 38.0 Å². The van der Waals surface area contributed by atoms with E-state index in [9.17, 15) is 22.4 Å². The highest BCUT2D eigenvalue weighted by atomic mass is 19.4. The molecule has 6 rings (SSSR count). The van der Waals surface area contributed by atoms with Crippen LogP contribution in [-0.4, -0.2) is 78.8 Å². The first kappa shape index (κ1) is 26.4. The fourth-order valence-electron chi connectivity index (χ4n) is 6.62. The standard InChI is InChI=1S/C27H32F4N6O2/c28-24-8-16-2-1-15(21(16)10-32-24)7-17-12-37(19-5-6-39-14-19)13-23(17)34-25(38)11-33-26-20-9-18(27(29,30)31)3-4-22(20)35-36-26/h3-4,8-10,15,17,19-20,22-23,35H,1-2,5-7,11-14H2,(H,33,36)(H,34,38)/t15?,17-,19?,20?,22?,23?/m0/s1. The molecule has 5 aliphatic rings. The van der Waals surface area contributed by atoms with Crippen LogP contribution >= 0.6 is 0 Å². The molecule has 0 bridgehead atoms. The molecule has 39 heavy (non-hydrogen) atoms. The fourth-order valence-corrected chi connectivity index (χ4v) is 6.62. The smallest absolute Gasteiger partial charge is 0.380 e. The van der Waals surface area contributed by atoms with E-state index in [1.165, 1.54) is 12.1 Å². The lowest BCUT2D eigenvalue weighted by molar-refractivity contribution is -0.120. The number of alkyl halides is 3. The Morgan fingerprint density at radius 1 is 1.28 bits per heavy atom. The van der Waals surface area contributed by atoms with Gasteiger partial charge in [0.25, 0.3) is 0 Å². The zero-order chi connectivity index (χ0) is 27.1. The molecular formula is C27H32F4N6O2. The van der Waals surface area contributed by atoms with Crippen LogP contribution in [-0.2, 0) is 16.0 Å². The summed E-state index contributed by atoms with van der Waals surface area (Å²) >= 11 is 0. The summed E-state index contributed by atoms with van der Waals surface area (Å²) in [4.78, 5) is 23.6. The van der Waals surface area contributed by atoms with Crippen molar-refractivity contribution in [2.45, 2.75) is 55.9 Å². The van der Waals surface area contributed by atoms with Gasteiger partial charge in [0.2, 0.25) is 11.9 Å². The van der Waals surface area contributed by atoms with Crippen LogP contribution in [0.3, 0.4) is 0 Å². The first-order valence-corrected chi connectivity index (χ1v) is 13.5. The van der Waals surface area contributed by atoms with Crippen LogP contribution in [0.1, 0.15) is 36.3 Å². The van der Waals surface area contributed by atoms with Crippen molar-refractivity contribution in [3.05, 3.63) is 53.1 Å². The summed E-state index contributed by atoms with van der Waals surface area (Å²) in [5, 5.41) is 3.16. The topological polar surface area (TPSA) is 90.9 Å². The number of hydrogen-bond donors (Lipinski definition) is 3. The van der Waals surface area contributed by atoms with E-state index in [0.29, 0.717) is 25.0 Å². The largest absolute Gasteiger partial charge is 0.416 e. The minimum absolute atomic E-state index is 0.0903. The highest BCUT2D eigenvalue weighted by Gasteiger charge is 2.41. The summed E-state index contributed by atoms with van der Waals surface area (Å²) in [6.07, 6.45) is 4.44. The molecule has 0 aromatic carbocycles. The number of likely N-dealkylation sites (tertiary alicyclic amines) is 1. The Bertz CT molecular complexity index is 1200. The number of aryl methyl sites for hydroxylation is 1. The van der Waals surface area contributed by atoms with E-state index in [1.54, 1.807) is 6.20 Å². The van der Waals surface area contributed by atoms with E-state index in [-0.39, 0.29) is 36.4 Å². The molecule has 3 N–H and O–H groups in total. The van der Waals surface area contributed by atoms with E-state index >= 15 is 0 Å². The Labute approximate surface area is 223 Å². The molecule has 1 amide bonds. The average Bonchev–Trinajstić information content (AvgIpc) is 3.69. The molecular weight excluding hydrogens is 516 g/mol. The lowest BCUT2D eigenvalue weighted by atomic mass is 9.88. The van der Waals surface area contributed by atoms with Gasteiger partial charge in [-0.25, -0.2) is 10.4 Å². The number of carbonyl (C=O) groups is 1. The second kappa shape index (κ2) is 10.6. The number of pyridine rings is 1. The number of allylic oxidation sites excluding steroid dienone is 2. The van der Waals surface area contributed by atoms with Crippen LogP contribution in [0, 0.1) is 17.8 Å². The molecule has 1 aromatic rings. The Morgan fingerprint density at radius 2 is 2.15 bits per heavy atom. The van der Waals surface area contributed by atoms with Crippen molar-refractivity contribution in [2.75, 3.05) is 32.8 Å². The average molecular weight is 549 g/mol. The summed E-state index contributed by atoms with van der Waals surface area (Å²) in [7, 11) is 0. The summed E-state index contributed by atoms with van der Waals surface area (Å²) in [6.45, 7) is 2.77. The summed E-state index contributed by atoms with van der Waals surface area (Å²) < 4.78 is 58.8. The normalized spacial score (nSPS) is 33.2. The number of hydrazine groups is 1. The first-order valence-electron chi connectivity index (χ1n) is 13.5. The highest BCUT2D eigenvalue weighted by Crippen LogP contribution is 2.40. The number of amidine groups is 1. The number of carbonyl (C=O) groups excluding carboxylic acids is 1. The number of nitrogens with one attached hydrogen (secondary N) is 3. The monoisotopic (exact) mass is 548 g/mol.